The number of hydrogen-bond donors (Lipinski definition) is 0. The van der Waals surface area contributed by atoms with E-state index in [2.05, 4.69) is 50.9 Å². The van der Waals surface area contributed by atoms with Crippen molar-refractivity contribution in [3.63, 3.8) is 0 Å². The molecule has 1 fully saturated rings. The standard InChI is InChI=1S/C26H31FN6O2S/c1-4-18-5-8-23(28-16-18)32-12-9-19(10-13-32)31(2)24-15-25(30-17-29-24)33-14-11-20-21(33)6-7-22(26(20)27)36(3,34)35/h5-8,15-17,19H,4,9-14H2,1-3H3. The van der Waals surface area contributed by atoms with Crippen LogP contribution in [-0.2, 0) is 22.7 Å². The fourth-order valence-electron chi connectivity index (χ4n) is 5.11. The van der Waals surface area contributed by atoms with Crippen LogP contribution in [0.1, 0.15) is 30.9 Å². The van der Waals surface area contributed by atoms with Crippen LogP contribution in [0.4, 0.5) is 27.5 Å². The quantitative estimate of drug-likeness (QED) is 0.496. The molecule has 0 aliphatic carbocycles. The summed E-state index contributed by atoms with van der Waals surface area (Å²) in [4.78, 5) is 19.8. The van der Waals surface area contributed by atoms with E-state index in [0.717, 1.165) is 50.2 Å². The molecule has 5 rings (SSSR count). The van der Waals surface area contributed by atoms with E-state index in [4.69, 9.17) is 0 Å². The van der Waals surface area contributed by atoms with Crippen LogP contribution in [0, 0.1) is 5.82 Å². The third-order valence-corrected chi connectivity index (χ3v) is 8.40. The average Bonchev–Trinajstić information content (AvgIpc) is 3.33. The van der Waals surface area contributed by atoms with Gasteiger partial charge >= 0.3 is 0 Å². The third-order valence-electron chi connectivity index (χ3n) is 7.29. The number of nitrogens with zero attached hydrogens (tertiary/aromatic N) is 6. The van der Waals surface area contributed by atoms with Crippen molar-refractivity contribution in [2.24, 2.45) is 0 Å². The van der Waals surface area contributed by atoms with Crippen molar-refractivity contribution in [2.45, 2.75) is 43.5 Å². The van der Waals surface area contributed by atoms with Gasteiger partial charge in [-0.1, -0.05) is 13.0 Å². The summed E-state index contributed by atoms with van der Waals surface area (Å²) in [5.74, 6) is 1.85. The van der Waals surface area contributed by atoms with Crippen molar-refractivity contribution < 1.29 is 12.8 Å². The van der Waals surface area contributed by atoms with Gasteiger partial charge in [-0.2, -0.15) is 0 Å². The normalized spacial score (nSPS) is 16.3. The predicted molar refractivity (Wildman–Crippen MR) is 140 cm³/mol. The molecular weight excluding hydrogens is 479 g/mol. The highest BCUT2D eigenvalue weighted by Gasteiger charge is 2.29. The van der Waals surface area contributed by atoms with E-state index in [-0.39, 0.29) is 4.90 Å². The van der Waals surface area contributed by atoms with Crippen LogP contribution in [0.15, 0.2) is 47.8 Å². The molecule has 2 aromatic heterocycles. The maximum Gasteiger partial charge on any atom is 0.178 e. The first-order valence-corrected chi connectivity index (χ1v) is 14.2. The SMILES string of the molecule is CCc1ccc(N2CCC(N(C)c3cc(N4CCc5c4ccc(S(C)(=O)=O)c5F)ncn3)CC2)nc1. The topological polar surface area (TPSA) is 82.5 Å². The van der Waals surface area contributed by atoms with Gasteiger partial charge in [-0.15, -0.1) is 0 Å². The van der Waals surface area contributed by atoms with Crippen LogP contribution in [0.2, 0.25) is 0 Å². The number of rotatable bonds is 6. The molecule has 0 N–H and O–H groups in total. The van der Waals surface area contributed by atoms with Crippen molar-refractivity contribution in [1.82, 2.24) is 15.0 Å². The summed E-state index contributed by atoms with van der Waals surface area (Å²) < 4.78 is 38.8. The first kappa shape index (κ1) is 24.4. The fraction of sp³-hybridized carbons (Fsp3) is 0.423. The fourth-order valence-corrected chi connectivity index (χ4v) is 5.87. The highest BCUT2D eigenvalue weighted by atomic mass is 32.2. The van der Waals surface area contributed by atoms with E-state index in [0.29, 0.717) is 36.1 Å². The Morgan fingerprint density at radius 3 is 2.50 bits per heavy atom. The summed E-state index contributed by atoms with van der Waals surface area (Å²) in [5.41, 5.74) is 2.31. The van der Waals surface area contributed by atoms with Gasteiger partial charge in [0.05, 0.1) is 0 Å². The van der Waals surface area contributed by atoms with E-state index in [1.54, 1.807) is 6.07 Å². The zero-order valence-electron chi connectivity index (χ0n) is 20.9. The Kier molecular flexibility index (Phi) is 6.55. The lowest BCUT2D eigenvalue weighted by molar-refractivity contribution is 0.478. The lowest BCUT2D eigenvalue weighted by Gasteiger charge is -2.38. The van der Waals surface area contributed by atoms with Crippen LogP contribution in [0.3, 0.4) is 0 Å². The Labute approximate surface area is 211 Å². The first-order chi connectivity index (χ1) is 17.3. The smallest absolute Gasteiger partial charge is 0.178 e. The number of anilines is 4. The molecule has 0 spiro atoms. The molecule has 0 saturated carbocycles. The number of sulfone groups is 1. The Morgan fingerprint density at radius 1 is 1.06 bits per heavy atom. The minimum absolute atomic E-state index is 0.256. The van der Waals surface area contributed by atoms with E-state index in [1.807, 2.05) is 17.2 Å². The van der Waals surface area contributed by atoms with E-state index in [1.165, 1.54) is 18.0 Å². The van der Waals surface area contributed by atoms with Crippen LogP contribution in [0.25, 0.3) is 0 Å². The van der Waals surface area contributed by atoms with Gasteiger partial charge in [0, 0.05) is 62.5 Å². The molecule has 8 nitrogen and oxygen atoms in total. The molecule has 1 aromatic carbocycles. The second-order valence-electron chi connectivity index (χ2n) is 9.49. The maximum atomic E-state index is 14.9. The molecule has 2 aliphatic heterocycles. The number of benzene rings is 1. The largest absolute Gasteiger partial charge is 0.356 e. The molecule has 2 aliphatic rings. The van der Waals surface area contributed by atoms with Gasteiger partial charge in [0.1, 0.15) is 34.5 Å². The number of halogens is 1. The lowest BCUT2D eigenvalue weighted by Crippen LogP contribution is -2.44. The summed E-state index contributed by atoms with van der Waals surface area (Å²) in [7, 11) is -1.57. The highest BCUT2D eigenvalue weighted by molar-refractivity contribution is 7.90. The number of piperidine rings is 1. The summed E-state index contributed by atoms with van der Waals surface area (Å²) in [5, 5.41) is 0. The number of aryl methyl sites for hydroxylation is 1. The summed E-state index contributed by atoms with van der Waals surface area (Å²) in [6, 6.07) is 9.52. The van der Waals surface area contributed by atoms with Crippen molar-refractivity contribution in [1.29, 1.82) is 0 Å². The van der Waals surface area contributed by atoms with Gasteiger partial charge in [0.25, 0.3) is 0 Å². The van der Waals surface area contributed by atoms with Crippen molar-refractivity contribution >= 4 is 33.0 Å². The molecule has 4 heterocycles. The Hall–Kier alpha value is -3.27. The minimum Gasteiger partial charge on any atom is -0.356 e. The Morgan fingerprint density at radius 2 is 1.83 bits per heavy atom. The first-order valence-electron chi connectivity index (χ1n) is 12.3. The predicted octanol–water partition coefficient (Wildman–Crippen LogP) is 3.78. The third kappa shape index (κ3) is 4.61. The van der Waals surface area contributed by atoms with Gasteiger partial charge < -0.3 is 14.7 Å². The van der Waals surface area contributed by atoms with E-state index in [9.17, 15) is 12.8 Å². The van der Waals surface area contributed by atoms with Crippen LogP contribution in [-0.4, -0.2) is 62.3 Å². The zero-order chi connectivity index (χ0) is 25.4. The minimum atomic E-state index is -3.63. The second kappa shape index (κ2) is 9.65. The van der Waals surface area contributed by atoms with Crippen LogP contribution >= 0.6 is 0 Å². The van der Waals surface area contributed by atoms with Crippen LogP contribution in [0.5, 0.6) is 0 Å². The summed E-state index contributed by atoms with van der Waals surface area (Å²) in [6.45, 7) is 4.51. The number of fused-ring (bicyclic) bond motifs is 1. The Bertz CT molecular complexity index is 1360. The number of aromatic nitrogens is 3. The van der Waals surface area contributed by atoms with Gasteiger partial charge in [-0.05, 0) is 49.4 Å². The molecule has 0 bridgehead atoms. The summed E-state index contributed by atoms with van der Waals surface area (Å²) >= 11 is 0. The molecule has 0 amide bonds. The van der Waals surface area contributed by atoms with Gasteiger partial charge in [0.15, 0.2) is 9.84 Å². The lowest BCUT2D eigenvalue weighted by atomic mass is 10.0. The van der Waals surface area contributed by atoms with E-state index < -0.39 is 15.7 Å². The zero-order valence-corrected chi connectivity index (χ0v) is 21.7. The molecule has 0 atom stereocenters. The number of hydrogen-bond acceptors (Lipinski definition) is 8. The van der Waals surface area contributed by atoms with Crippen LogP contribution < -0.4 is 14.7 Å². The molecule has 3 aromatic rings. The molecular formula is C26H31FN6O2S. The number of pyridine rings is 1. The molecule has 36 heavy (non-hydrogen) atoms. The van der Waals surface area contributed by atoms with Gasteiger partial charge in [-0.25, -0.2) is 27.8 Å². The second-order valence-corrected chi connectivity index (χ2v) is 11.5. The molecule has 0 unspecified atom stereocenters. The van der Waals surface area contributed by atoms with Crippen molar-refractivity contribution in [3.8, 4) is 0 Å². The molecule has 1 saturated heterocycles. The molecule has 190 valence electrons. The van der Waals surface area contributed by atoms with Gasteiger partial charge in [-0.3, -0.25) is 0 Å². The van der Waals surface area contributed by atoms with Gasteiger partial charge in [0.2, 0.25) is 0 Å². The highest BCUT2D eigenvalue weighted by Crippen LogP contribution is 2.38. The van der Waals surface area contributed by atoms with Crippen molar-refractivity contribution in [2.75, 3.05) is 47.6 Å². The molecule has 0 radical (unpaired) electrons. The van der Waals surface area contributed by atoms with E-state index >= 15 is 0 Å². The Balaban J connectivity index is 1.30. The average molecular weight is 511 g/mol. The summed E-state index contributed by atoms with van der Waals surface area (Å²) in [6.07, 6.45) is 7.90. The molecule has 10 heteroatoms. The van der Waals surface area contributed by atoms with Crippen molar-refractivity contribution in [3.05, 3.63) is 59.8 Å². The maximum absolute atomic E-state index is 14.9. The monoisotopic (exact) mass is 510 g/mol.